The minimum absolute atomic E-state index is 0. The molecule has 1 saturated heterocycles. The standard InChI is InChI=1S/C24H29NO5.CH4/c1-5-16(2)24(26)30-15-20-18(12-19-8-6-7-11-25-19)14-29-23(20)17-9-10-21(27-3)22(13-17)28-4;/h5-11,13,18,20,23H,12,14-15H2,1-4H3;1H4/b16-5-;/t18-,20-,23+;/m0./s1. The SMILES string of the molecule is C.C/C=C(/C)C(=O)OC[C@H]1[C@@H](Cc2ccccn2)CO[C@@H]1c1ccc(OC)c(OC)c1. The number of allylic oxidation sites excluding steroid dienone is 1. The molecule has 0 spiro atoms. The van der Waals surface area contributed by atoms with Crippen molar-refractivity contribution in [3.8, 4) is 11.5 Å². The molecule has 0 amide bonds. The summed E-state index contributed by atoms with van der Waals surface area (Å²) in [6.07, 6.45) is 4.10. The van der Waals surface area contributed by atoms with Crippen LogP contribution in [0, 0.1) is 11.8 Å². The van der Waals surface area contributed by atoms with Crippen LogP contribution in [0.3, 0.4) is 0 Å². The van der Waals surface area contributed by atoms with Crippen LogP contribution in [0.15, 0.2) is 54.2 Å². The molecule has 1 fully saturated rings. The molecule has 0 aliphatic carbocycles. The Morgan fingerprint density at radius 1 is 1.19 bits per heavy atom. The van der Waals surface area contributed by atoms with Gasteiger partial charge in [-0.1, -0.05) is 25.6 Å². The zero-order chi connectivity index (χ0) is 21.5. The number of hydrogen-bond acceptors (Lipinski definition) is 6. The van der Waals surface area contributed by atoms with Gasteiger partial charge in [0.25, 0.3) is 0 Å². The van der Waals surface area contributed by atoms with Crippen molar-refractivity contribution in [1.29, 1.82) is 0 Å². The molecule has 1 aliphatic heterocycles. The molecule has 6 nitrogen and oxygen atoms in total. The second kappa shape index (κ2) is 11.5. The Balaban J connectivity index is 0.00000341. The van der Waals surface area contributed by atoms with Crippen LogP contribution in [0.5, 0.6) is 11.5 Å². The molecule has 1 aliphatic rings. The maximum absolute atomic E-state index is 12.2. The average molecular weight is 428 g/mol. The molecule has 0 saturated carbocycles. The van der Waals surface area contributed by atoms with Crippen molar-refractivity contribution < 1.29 is 23.7 Å². The molecule has 0 radical (unpaired) electrons. The predicted molar refractivity (Wildman–Crippen MR) is 120 cm³/mol. The van der Waals surface area contributed by atoms with Crippen LogP contribution in [-0.4, -0.2) is 38.4 Å². The fraction of sp³-hybridized carbons (Fsp3) is 0.440. The maximum atomic E-state index is 12.2. The summed E-state index contributed by atoms with van der Waals surface area (Å²) in [4.78, 5) is 16.7. The number of rotatable bonds is 8. The summed E-state index contributed by atoms with van der Waals surface area (Å²) in [5, 5.41) is 0. The summed E-state index contributed by atoms with van der Waals surface area (Å²) in [5.41, 5.74) is 2.57. The van der Waals surface area contributed by atoms with E-state index in [1.807, 2.05) is 43.3 Å². The number of methoxy groups -OCH3 is 2. The van der Waals surface area contributed by atoms with Crippen molar-refractivity contribution in [2.45, 2.75) is 33.8 Å². The fourth-order valence-electron chi connectivity index (χ4n) is 3.72. The monoisotopic (exact) mass is 427 g/mol. The van der Waals surface area contributed by atoms with Gasteiger partial charge >= 0.3 is 5.97 Å². The second-order valence-electron chi connectivity index (χ2n) is 7.39. The lowest BCUT2D eigenvalue weighted by Gasteiger charge is -2.23. The van der Waals surface area contributed by atoms with Crippen molar-refractivity contribution in [1.82, 2.24) is 4.98 Å². The van der Waals surface area contributed by atoms with Crippen LogP contribution in [0.4, 0.5) is 0 Å². The Labute approximate surface area is 185 Å². The first-order chi connectivity index (χ1) is 14.6. The Bertz CT molecular complexity index is 881. The lowest BCUT2D eigenvalue weighted by molar-refractivity contribution is -0.141. The summed E-state index contributed by atoms with van der Waals surface area (Å²) in [5.74, 6) is 1.19. The van der Waals surface area contributed by atoms with Crippen LogP contribution in [0.2, 0.25) is 0 Å². The van der Waals surface area contributed by atoms with E-state index >= 15 is 0 Å². The average Bonchev–Trinajstić information content (AvgIpc) is 3.19. The van der Waals surface area contributed by atoms with Gasteiger partial charge in [0.1, 0.15) is 0 Å². The van der Waals surface area contributed by atoms with Crippen LogP contribution < -0.4 is 9.47 Å². The number of carbonyl (C=O) groups excluding carboxylic acids is 1. The first kappa shape index (κ1) is 24.4. The van der Waals surface area contributed by atoms with Crippen molar-refractivity contribution in [2.24, 2.45) is 11.8 Å². The topological polar surface area (TPSA) is 66.9 Å². The van der Waals surface area contributed by atoms with Crippen molar-refractivity contribution >= 4 is 5.97 Å². The summed E-state index contributed by atoms with van der Waals surface area (Å²) in [6.45, 7) is 4.43. The highest BCUT2D eigenvalue weighted by Gasteiger charge is 2.39. The van der Waals surface area contributed by atoms with E-state index in [9.17, 15) is 4.79 Å². The lowest BCUT2D eigenvalue weighted by atomic mass is 9.85. The van der Waals surface area contributed by atoms with Crippen LogP contribution in [0.25, 0.3) is 0 Å². The molecule has 2 heterocycles. The minimum atomic E-state index is -0.299. The number of nitrogens with zero attached hydrogens (tertiary/aromatic N) is 1. The molecule has 31 heavy (non-hydrogen) atoms. The molecule has 1 aromatic carbocycles. The molecule has 0 bridgehead atoms. The number of pyridine rings is 1. The normalized spacial score (nSPS) is 20.6. The molecular formula is C25H33NO5. The molecule has 3 rings (SSSR count). The third-order valence-electron chi connectivity index (χ3n) is 5.58. The summed E-state index contributed by atoms with van der Waals surface area (Å²) in [6, 6.07) is 11.7. The van der Waals surface area contributed by atoms with E-state index < -0.39 is 0 Å². The second-order valence-corrected chi connectivity index (χ2v) is 7.39. The van der Waals surface area contributed by atoms with Gasteiger partial charge in [-0.25, -0.2) is 4.79 Å². The maximum Gasteiger partial charge on any atom is 0.333 e. The van der Waals surface area contributed by atoms with Gasteiger partial charge in [-0.2, -0.15) is 0 Å². The first-order valence-electron chi connectivity index (χ1n) is 10.1. The van der Waals surface area contributed by atoms with Crippen molar-refractivity contribution in [3.63, 3.8) is 0 Å². The van der Waals surface area contributed by atoms with Crippen LogP contribution in [0.1, 0.15) is 38.6 Å². The zero-order valence-electron chi connectivity index (χ0n) is 18.0. The van der Waals surface area contributed by atoms with E-state index in [2.05, 4.69) is 4.98 Å². The number of benzene rings is 1. The Morgan fingerprint density at radius 3 is 2.61 bits per heavy atom. The quantitative estimate of drug-likeness (QED) is 0.446. The molecule has 1 aromatic heterocycles. The van der Waals surface area contributed by atoms with Gasteiger partial charge < -0.3 is 18.9 Å². The van der Waals surface area contributed by atoms with Crippen molar-refractivity contribution in [3.05, 3.63) is 65.5 Å². The number of hydrogen-bond donors (Lipinski definition) is 0. The van der Waals surface area contributed by atoms with Gasteiger partial charge in [0.15, 0.2) is 11.5 Å². The molecule has 0 N–H and O–H groups in total. The van der Waals surface area contributed by atoms with Crippen LogP contribution >= 0.6 is 0 Å². The number of ether oxygens (including phenoxy) is 4. The smallest absolute Gasteiger partial charge is 0.333 e. The van der Waals surface area contributed by atoms with E-state index in [0.29, 0.717) is 23.7 Å². The van der Waals surface area contributed by atoms with E-state index in [-0.39, 0.29) is 37.9 Å². The number of carbonyl (C=O) groups is 1. The van der Waals surface area contributed by atoms with E-state index in [4.69, 9.17) is 18.9 Å². The van der Waals surface area contributed by atoms with Crippen molar-refractivity contribution in [2.75, 3.05) is 27.4 Å². The Morgan fingerprint density at radius 2 is 1.97 bits per heavy atom. The molecule has 2 aromatic rings. The molecule has 3 atom stereocenters. The minimum Gasteiger partial charge on any atom is -0.493 e. The Kier molecular flexibility index (Phi) is 9.06. The number of esters is 1. The van der Waals surface area contributed by atoms with E-state index in [1.54, 1.807) is 33.4 Å². The van der Waals surface area contributed by atoms with Gasteiger partial charge in [-0.05, 0) is 56.0 Å². The highest BCUT2D eigenvalue weighted by Crippen LogP contribution is 2.42. The Hall–Kier alpha value is -2.86. The van der Waals surface area contributed by atoms with E-state index in [0.717, 1.165) is 17.7 Å². The highest BCUT2D eigenvalue weighted by atomic mass is 16.5. The largest absolute Gasteiger partial charge is 0.493 e. The lowest BCUT2D eigenvalue weighted by Crippen LogP contribution is -2.25. The van der Waals surface area contributed by atoms with Crippen LogP contribution in [-0.2, 0) is 20.7 Å². The zero-order valence-corrected chi connectivity index (χ0v) is 18.0. The summed E-state index contributed by atoms with van der Waals surface area (Å²) < 4.78 is 22.6. The molecule has 0 unspecified atom stereocenters. The third kappa shape index (κ3) is 5.85. The predicted octanol–water partition coefficient (Wildman–Crippen LogP) is 4.79. The van der Waals surface area contributed by atoms with Gasteiger partial charge in [0, 0.05) is 23.4 Å². The molecule has 168 valence electrons. The summed E-state index contributed by atoms with van der Waals surface area (Å²) in [7, 11) is 3.22. The van der Waals surface area contributed by atoms with E-state index in [1.165, 1.54) is 0 Å². The highest BCUT2D eigenvalue weighted by molar-refractivity contribution is 5.87. The van der Waals surface area contributed by atoms with Gasteiger partial charge in [0.05, 0.1) is 33.5 Å². The van der Waals surface area contributed by atoms with Gasteiger partial charge in [0.2, 0.25) is 0 Å². The van der Waals surface area contributed by atoms with Gasteiger partial charge in [-0.3, -0.25) is 4.98 Å². The number of aromatic nitrogens is 1. The third-order valence-corrected chi connectivity index (χ3v) is 5.58. The first-order valence-corrected chi connectivity index (χ1v) is 10.1. The fourth-order valence-corrected chi connectivity index (χ4v) is 3.72. The molecular weight excluding hydrogens is 394 g/mol. The van der Waals surface area contributed by atoms with Gasteiger partial charge in [-0.15, -0.1) is 0 Å². The summed E-state index contributed by atoms with van der Waals surface area (Å²) >= 11 is 0. The molecule has 6 heteroatoms.